The average molecular weight is 245 g/mol. The molecule has 0 spiro atoms. The largest absolute Gasteiger partial charge is 0.366 e. The molecular formula is C17H27N. The van der Waals surface area contributed by atoms with E-state index < -0.39 is 0 Å². The van der Waals surface area contributed by atoms with Crippen molar-refractivity contribution in [2.24, 2.45) is 5.41 Å². The monoisotopic (exact) mass is 245 g/mol. The van der Waals surface area contributed by atoms with Crippen molar-refractivity contribution < 1.29 is 0 Å². The van der Waals surface area contributed by atoms with Crippen LogP contribution >= 0.6 is 0 Å². The fourth-order valence-corrected chi connectivity index (χ4v) is 3.16. The molecule has 1 heteroatoms. The third kappa shape index (κ3) is 2.41. The highest BCUT2D eigenvalue weighted by Crippen LogP contribution is 2.46. The Balaban J connectivity index is 2.47. The predicted octanol–water partition coefficient (Wildman–Crippen LogP) is 4.82. The molecule has 0 saturated carbocycles. The highest BCUT2D eigenvalue weighted by Gasteiger charge is 2.35. The van der Waals surface area contributed by atoms with Crippen molar-refractivity contribution in [1.29, 1.82) is 0 Å². The van der Waals surface area contributed by atoms with E-state index >= 15 is 0 Å². The minimum absolute atomic E-state index is 0.207. The van der Waals surface area contributed by atoms with Crippen molar-refractivity contribution in [3.63, 3.8) is 0 Å². The van der Waals surface area contributed by atoms with Gasteiger partial charge in [0.1, 0.15) is 0 Å². The Bertz CT molecular complexity index is 379. The Morgan fingerprint density at radius 1 is 1.00 bits per heavy atom. The van der Waals surface area contributed by atoms with Gasteiger partial charge < -0.3 is 4.90 Å². The molecule has 0 bridgehead atoms. The van der Waals surface area contributed by atoms with E-state index in [2.05, 4.69) is 70.7 Å². The van der Waals surface area contributed by atoms with Gasteiger partial charge in [0.2, 0.25) is 0 Å². The van der Waals surface area contributed by atoms with Crippen LogP contribution in [0, 0.1) is 5.41 Å². The zero-order valence-electron chi connectivity index (χ0n) is 12.7. The van der Waals surface area contributed by atoms with Crippen LogP contribution < -0.4 is 4.90 Å². The molecule has 1 aromatic carbocycles. The molecule has 0 N–H and O–H groups in total. The Labute approximate surface area is 112 Å². The summed E-state index contributed by atoms with van der Waals surface area (Å²) < 4.78 is 0. The summed E-state index contributed by atoms with van der Waals surface area (Å²) in [5.74, 6) is 0.673. The molecule has 1 atom stereocenters. The molecule has 1 heterocycles. The summed E-state index contributed by atoms with van der Waals surface area (Å²) in [7, 11) is 0. The molecule has 2 rings (SSSR count). The third-order valence-corrected chi connectivity index (χ3v) is 4.10. The zero-order valence-corrected chi connectivity index (χ0v) is 12.7. The smallest absolute Gasteiger partial charge is 0.0406 e. The number of fused-ring (bicyclic) bond motifs is 1. The minimum atomic E-state index is 0.207. The topological polar surface area (TPSA) is 3.24 Å². The van der Waals surface area contributed by atoms with E-state index in [4.69, 9.17) is 0 Å². The molecule has 0 aliphatic carbocycles. The van der Waals surface area contributed by atoms with Gasteiger partial charge in [0.15, 0.2) is 0 Å². The summed E-state index contributed by atoms with van der Waals surface area (Å²) >= 11 is 0. The number of anilines is 1. The lowest BCUT2D eigenvalue weighted by molar-refractivity contribution is 0.290. The lowest BCUT2D eigenvalue weighted by atomic mass is 9.72. The Hall–Kier alpha value is -0.980. The van der Waals surface area contributed by atoms with Crippen molar-refractivity contribution in [3.05, 3.63) is 29.8 Å². The third-order valence-electron chi connectivity index (χ3n) is 4.10. The van der Waals surface area contributed by atoms with Gasteiger partial charge in [-0.1, -0.05) is 39.0 Å². The van der Waals surface area contributed by atoms with Gasteiger partial charge in [-0.05, 0) is 50.2 Å². The maximum Gasteiger partial charge on any atom is 0.0406 e. The number of hydrogen-bond acceptors (Lipinski definition) is 1. The molecule has 1 aromatic rings. The molecule has 0 fully saturated rings. The van der Waals surface area contributed by atoms with E-state index in [1.165, 1.54) is 24.2 Å². The van der Waals surface area contributed by atoms with Crippen molar-refractivity contribution in [1.82, 2.24) is 0 Å². The van der Waals surface area contributed by atoms with Crippen molar-refractivity contribution in [3.8, 4) is 0 Å². The normalized spacial score (nSPS) is 20.8. The Kier molecular flexibility index (Phi) is 3.21. The predicted molar refractivity (Wildman–Crippen MR) is 80.4 cm³/mol. The van der Waals surface area contributed by atoms with E-state index in [1.807, 2.05) is 0 Å². The average Bonchev–Trinajstić information content (AvgIpc) is 2.24. The number of hydrogen-bond donors (Lipinski definition) is 0. The van der Waals surface area contributed by atoms with Crippen LogP contribution in [0.15, 0.2) is 24.3 Å². The molecule has 0 aromatic heterocycles. The van der Waals surface area contributed by atoms with Gasteiger partial charge in [-0.15, -0.1) is 0 Å². The van der Waals surface area contributed by atoms with Crippen LogP contribution in [-0.2, 0) is 0 Å². The number of nitrogens with zero attached hydrogens (tertiary/aromatic N) is 1. The van der Waals surface area contributed by atoms with Crippen LogP contribution in [0.3, 0.4) is 0 Å². The summed E-state index contributed by atoms with van der Waals surface area (Å²) in [6, 6.07) is 8.97. The van der Waals surface area contributed by atoms with Gasteiger partial charge in [0.25, 0.3) is 0 Å². The standard InChI is InChI=1S/C17H27N/c1-16(2,3)14-11-12-18(17(4,5)6)15-10-8-7-9-13(14)15/h7-10,14H,11-12H2,1-6H3. The second-order valence-corrected chi connectivity index (χ2v) is 7.59. The molecule has 0 radical (unpaired) electrons. The first-order valence-electron chi connectivity index (χ1n) is 7.08. The van der Waals surface area contributed by atoms with E-state index in [1.54, 1.807) is 0 Å². The van der Waals surface area contributed by atoms with E-state index in [-0.39, 0.29) is 5.54 Å². The minimum Gasteiger partial charge on any atom is -0.366 e. The lowest BCUT2D eigenvalue weighted by Crippen LogP contribution is -2.46. The Morgan fingerprint density at radius 3 is 2.17 bits per heavy atom. The lowest BCUT2D eigenvalue weighted by Gasteiger charge is -2.47. The van der Waals surface area contributed by atoms with Crippen LogP contribution in [-0.4, -0.2) is 12.1 Å². The van der Waals surface area contributed by atoms with Crippen LogP contribution in [0.4, 0.5) is 5.69 Å². The second kappa shape index (κ2) is 4.29. The fraction of sp³-hybridized carbons (Fsp3) is 0.647. The van der Waals surface area contributed by atoms with Gasteiger partial charge >= 0.3 is 0 Å². The first-order valence-corrected chi connectivity index (χ1v) is 7.08. The molecule has 0 saturated heterocycles. The van der Waals surface area contributed by atoms with Crippen molar-refractivity contribution >= 4 is 5.69 Å². The summed E-state index contributed by atoms with van der Waals surface area (Å²) in [5, 5.41) is 0. The van der Waals surface area contributed by atoms with Gasteiger partial charge in [0.05, 0.1) is 0 Å². The SMILES string of the molecule is CC(C)(C)C1CCN(C(C)(C)C)c2ccccc21. The first kappa shape index (κ1) is 13.5. The van der Waals surface area contributed by atoms with E-state index in [0.29, 0.717) is 11.3 Å². The van der Waals surface area contributed by atoms with E-state index in [9.17, 15) is 0 Å². The molecule has 1 nitrogen and oxygen atoms in total. The molecule has 1 aliphatic rings. The van der Waals surface area contributed by atoms with Crippen LogP contribution in [0.1, 0.15) is 59.4 Å². The van der Waals surface area contributed by atoms with Crippen molar-refractivity contribution in [2.75, 3.05) is 11.4 Å². The maximum absolute atomic E-state index is 2.56. The Morgan fingerprint density at radius 2 is 1.61 bits per heavy atom. The van der Waals surface area contributed by atoms with E-state index in [0.717, 1.165) is 0 Å². The maximum atomic E-state index is 2.56. The van der Waals surface area contributed by atoms with Gasteiger partial charge in [-0.3, -0.25) is 0 Å². The van der Waals surface area contributed by atoms with Gasteiger partial charge in [-0.25, -0.2) is 0 Å². The number of para-hydroxylation sites is 1. The summed E-state index contributed by atoms with van der Waals surface area (Å²) in [4.78, 5) is 2.56. The van der Waals surface area contributed by atoms with Crippen LogP contribution in [0.25, 0.3) is 0 Å². The molecule has 1 unspecified atom stereocenters. The summed E-state index contributed by atoms with van der Waals surface area (Å²) in [6.07, 6.45) is 1.26. The fourth-order valence-electron chi connectivity index (χ4n) is 3.16. The van der Waals surface area contributed by atoms with Crippen LogP contribution in [0.2, 0.25) is 0 Å². The zero-order chi connectivity index (χ0) is 13.6. The summed E-state index contributed by atoms with van der Waals surface area (Å²) in [5.41, 5.74) is 3.53. The second-order valence-electron chi connectivity index (χ2n) is 7.59. The molecule has 0 amide bonds. The molecule has 18 heavy (non-hydrogen) atoms. The van der Waals surface area contributed by atoms with Gasteiger partial charge in [0, 0.05) is 17.8 Å². The van der Waals surface area contributed by atoms with Crippen LogP contribution in [0.5, 0.6) is 0 Å². The highest BCUT2D eigenvalue weighted by molar-refractivity contribution is 5.59. The number of rotatable bonds is 0. The quantitative estimate of drug-likeness (QED) is 0.633. The molecule has 100 valence electrons. The van der Waals surface area contributed by atoms with Crippen molar-refractivity contribution in [2.45, 2.75) is 59.4 Å². The molecular weight excluding hydrogens is 218 g/mol. The van der Waals surface area contributed by atoms with Gasteiger partial charge in [-0.2, -0.15) is 0 Å². The molecule has 1 aliphatic heterocycles. The first-order chi connectivity index (χ1) is 8.21. The number of benzene rings is 1. The summed E-state index contributed by atoms with van der Waals surface area (Å²) in [6.45, 7) is 15.2. The highest BCUT2D eigenvalue weighted by atomic mass is 15.2.